The first kappa shape index (κ1) is 13.4. The number of fused-ring (bicyclic) bond motifs is 1. The molecular weight excluding hydrogens is 229 g/mol. The third-order valence-corrected chi connectivity index (χ3v) is 2.17. The second-order valence-electron chi connectivity index (χ2n) is 3.16. The number of hydrogen-bond acceptors (Lipinski definition) is 2. The van der Waals surface area contributed by atoms with Crippen molar-refractivity contribution in [3.8, 4) is 0 Å². The van der Waals surface area contributed by atoms with E-state index in [2.05, 4.69) is 9.97 Å². The Morgan fingerprint density at radius 3 is 2.29 bits per heavy atom. The summed E-state index contributed by atoms with van der Waals surface area (Å²) in [6, 6.07) is 3.97. The maximum absolute atomic E-state index is 12.6. The van der Waals surface area contributed by atoms with Gasteiger partial charge in [0.1, 0.15) is 6.33 Å². The minimum absolute atomic E-state index is 0.0440. The van der Waals surface area contributed by atoms with Gasteiger partial charge in [-0.2, -0.15) is 13.2 Å². The largest absolute Gasteiger partial charge is 0.418 e. The molecular formula is C12H13F3N2. The number of halogens is 3. The Balaban J connectivity index is 0.000000686. The van der Waals surface area contributed by atoms with Crippen LogP contribution in [0.5, 0.6) is 0 Å². The van der Waals surface area contributed by atoms with Crippen molar-refractivity contribution in [3.05, 3.63) is 35.8 Å². The van der Waals surface area contributed by atoms with Crippen LogP contribution in [0, 0.1) is 6.92 Å². The monoisotopic (exact) mass is 242 g/mol. The van der Waals surface area contributed by atoms with Crippen molar-refractivity contribution in [1.29, 1.82) is 0 Å². The smallest absolute Gasteiger partial charge is 0.241 e. The molecule has 0 fully saturated rings. The van der Waals surface area contributed by atoms with E-state index >= 15 is 0 Å². The summed E-state index contributed by atoms with van der Waals surface area (Å²) >= 11 is 0. The number of aromatic nitrogens is 2. The summed E-state index contributed by atoms with van der Waals surface area (Å²) in [7, 11) is 0. The highest BCUT2D eigenvalue weighted by Crippen LogP contribution is 2.33. The molecule has 1 aromatic carbocycles. The highest BCUT2D eigenvalue weighted by molar-refractivity contribution is 5.83. The molecule has 2 aromatic rings. The van der Waals surface area contributed by atoms with E-state index < -0.39 is 11.7 Å². The van der Waals surface area contributed by atoms with Crippen LogP contribution in [0.4, 0.5) is 13.2 Å². The quantitative estimate of drug-likeness (QED) is 0.698. The van der Waals surface area contributed by atoms with E-state index in [9.17, 15) is 13.2 Å². The van der Waals surface area contributed by atoms with E-state index in [-0.39, 0.29) is 5.52 Å². The second-order valence-corrected chi connectivity index (χ2v) is 3.16. The lowest BCUT2D eigenvalue weighted by Crippen LogP contribution is -2.07. The van der Waals surface area contributed by atoms with E-state index in [0.29, 0.717) is 11.1 Å². The summed E-state index contributed by atoms with van der Waals surface area (Å²) in [5.74, 6) is 0. The lowest BCUT2D eigenvalue weighted by atomic mass is 10.1. The number of para-hydroxylation sites is 1. The van der Waals surface area contributed by atoms with E-state index in [1.54, 1.807) is 13.0 Å². The van der Waals surface area contributed by atoms with Crippen molar-refractivity contribution in [1.82, 2.24) is 9.97 Å². The topological polar surface area (TPSA) is 25.8 Å². The summed E-state index contributed by atoms with van der Waals surface area (Å²) in [6.45, 7) is 5.66. The molecule has 0 aliphatic carbocycles. The van der Waals surface area contributed by atoms with Gasteiger partial charge in [0.25, 0.3) is 0 Å². The predicted molar refractivity (Wildman–Crippen MR) is 60.6 cm³/mol. The third-order valence-electron chi connectivity index (χ3n) is 2.17. The van der Waals surface area contributed by atoms with Crippen molar-refractivity contribution in [2.45, 2.75) is 26.9 Å². The van der Waals surface area contributed by atoms with Gasteiger partial charge in [-0.1, -0.05) is 26.0 Å². The Morgan fingerprint density at radius 1 is 1.06 bits per heavy atom. The standard InChI is InChI=1S/C10H7F3N2.C2H6/c1-6-7-3-2-4-8(10(11,12)13)9(7)15-5-14-6;1-2/h2-5H,1H3;1-2H3. The number of aryl methyl sites for hydroxylation is 1. The van der Waals surface area contributed by atoms with Crippen LogP contribution in [0.15, 0.2) is 24.5 Å². The van der Waals surface area contributed by atoms with Crippen molar-refractivity contribution >= 4 is 10.9 Å². The third kappa shape index (κ3) is 2.72. The molecule has 1 aromatic heterocycles. The number of nitrogens with zero attached hydrogens (tertiary/aromatic N) is 2. The molecule has 17 heavy (non-hydrogen) atoms. The van der Waals surface area contributed by atoms with Gasteiger partial charge in [-0.15, -0.1) is 0 Å². The molecule has 0 aliphatic rings. The van der Waals surface area contributed by atoms with E-state index in [0.717, 1.165) is 12.4 Å². The molecule has 0 unspecified atom stereocenters. The van der Waals surface area contributed by atoms with Gasteiger partial charge in [-0.3, -0.25) is 0 Å². The lowest BCUT2D eigenvalue weighted by molar-refractivity contribution is -0.136. The summed E-state index contributed by atoms with van der Waals surface area (Å²) in [6.07, 6.45) is -3.23. The SMILES string of the molecule is CC.Cc1ncnc2c(C(F)(F)F)cccc12. The van der Waals surface area contributed by atoms with Gasteiger partial charge in [0.05, 0.1) is 11.1 Å². The fraction of sp³-hybridized carbons (Fsp3) is 0.333. The van der Waals surface area contributed by atoms with E-state index in [4.69, 9.17) is 0 Å². The summed E-state index contributed by atoms with van der Waals surface area (Å²) in [4.78, 5) is 7.53. The Labute approximate surface area is 97.5 Å². The van der Waals surface area contributed by atoms with Crippen LogP contribution in [0.2, 0.25) is 0 Å². The predicted octanol–water partition coefficient (Wildman–Crippen LogP) is 3.98. The van der Waals surface area contributed by atoms with Gasteiger partial charge >= 0.3 is 6.18 Å². The molecule has 0 spiro atoms. The average Bonchev–Trinajstić information content (AvgIpc) is 2.30. The zero-order valence-corrected chi connectivity index (χ0v) is 9.84. The highest BCUT2D eigenvalue weighted by atomic mass is 19.4. The van der Waals surface area contributed by atoms with Crippen molar-refractivity contribution in [2.75, 3.05) is 0 Å². The molecule has 92 valence electrons. The minimum Gasteiger partial charge on any atom is -0.241 e. The number of benzene rings is 1. The van der Waals surface area contributed by atoms with Crippen LogP contribution in [0.25, 0.3) is 10.9 Å². The molecule has 0 saturated carbocycles. The van der Waals surface area contributed by atoms with Crippen LogP contribution < -0.4 is 0 Å². The fourth-order valence-corrected chi connectivity index (χ4v) is 1.45. The molecule has 0 atom stereocenters. The molecule has 0 saturated heterocycles. The molecule has 2 rings (SSSR count). The molecule has 2 nitrogen and oxygen atoms in total. The van der Waals surface area contributed by atoms with Crippen LogP contribution in [-0.2, 0) is 6.18 Å². The fourth-order valence-electron chi connectivity index (χ4n) is 1.45. The van der Waals surface area contributed by atoms with Crippen molar-refractivity contribution < 1.29 is 13.2 Å². The summed E-state index contributed by atoms with van der Waals surface area (Å²) in [5.41, 5.74) is -0.214. The average molecular weight is 242 g/mol. The van der Waals surface area contributed by atoms with Crippen LogP contribution in [0.1, 0.15) is 25.1 Å². The number of rotatable bonds is 0. The first-order valence-corrected chi connectivity index (χ1v) is 5.27. The first-order chi connectivity index (χ1) is 8.00. The van der Waals surface area contributed by atoms with Crippen molar-refractivity contribution in [2.24, 2.45) is 0 Å². The highest BCUT2D eigenvalue weighted by Gasteiger charge is 2.33. The maximum atomic E-state index is 12.6. The van der Waals surface area contributed by atoms with Crippen LogP contribution in [-0.4, -0.2) is 9.97 Å². The van der Waals surface area contributed by atoms with Gasteiger partial charge in [0, 0.05) is 11.1 Å². The van der Waals surface area contributed by atoms with Crippen LogP contribution in [0.3, 0.4) is 0 Å². The zero-order chi connectivity index (χ0) is 13.1. The Hall–Kier alpha value is -1.65. The van der Waals surface area contributed by atoms with Crippen LogP contribution >= 0.6 is 0 Å². The normalized spacial score (nSPS) is 10.9. The van der Waals surface area contributed by atoms with E-state index in [1.807, 2.05) is 13.8 Å². The maximum Gasteiger partial charge on any atom is 0.418 e. The van der Waals surface area contributed by atoms with Gasteiger partial charge in [0.2, 0.25) is 0 Å². The Kier molecular flexibility index (Phi) is 4.04. The number of hydrogen-bond donors (Lipinski definition) is 0. The zero-order valence-electron chi connectivity index (χ0n) is 9.84. The molecule has 0 bridgehead atoms. The van der Waals surface area contributed by atoms with E-state index in [1.165, 1.54) is 6.07 Å². The molecule has 0 amide bonds. The first-order valence-electron chi connectivity index (χ1n) is 5.27. The summed E-state index contributed by atoms with van der Waals surface area (Å²) in [5, 5.41) is 0.437. The number of alkyl halides is 3. The Morgan fingerprint density at radius 2 is 1.71 bits per heavy atom. The molecule has 5 heteroatoms. The minimum atomic E-state index is -4.37. The van der Waals surface area contributed by atoms with Gasteiger partial charge in [0.15, 0.2) is 0 Å². The van der Waals surface area contributed by atoms with Gasteiger partial charge in [-0.05, 0) is 13.0 Å². The summed E-state index contributed by atoms with van der Waals surface area (Å²) < 4.78 is 37.8. The van der Waals surface area contributed by atoms with Crippen molar-refractivity contribution in [3.63, 3.8) is 0 Å². The molecule has 0 aliphatic heterocycles. The van der Waals surface area contributed by atoms with Gasteiger partial charge < -0.3 is 0 Å². The molecule has 1 heterocycles. The lowest BCUT2D eigenvalue weighted by Gasteiger charge is -2.09. The molecule has 0 N–H and O–H groups in total. The molecule has 0 radical (unpaired) electrons. The van der Waals surface area contributed by atoms with Gasteiger partial charge in [-0.25, -0.2) is 9.97 Å². The Bertz CT molecular complexity index is 507. The second kappa shape index (κ2) is 5.12.